The molecule has 0 aromatic rings. The molecule has 3 amide bonds. The number of carbonyl (C=O) groups is 3. The van der Waals surface area contributed by atoms with Crippen LogP contribution in [-0.2, 0) is 9.59 Å². The zero-order valence-electron chi connectivity index (χ0n) is 10.1. The van der Waals surface area contributed by atoms with Gasteiger partial charge >= 0.3 is 12.0 Å². The first-order valence-electron chi connectivity index (χ1n) is 5.54. The summed E-state index contributed by atoms with van der Waals surface area (Å²) in [6, 6.07) is -0.547. The molecule has 0 saturated heterocycles. The molecule has 3 N–H and O–H groups in total. The van der Waals surface area contributed by atoms with E-state index in [4.69, 9.17) is 5.11 Å². The molecule has 0 fully saturated rings. The highest BCUT2D eigenvalue weighted by Crippen LogP contribution is 1.97. The van der Waals surface area contributed by atoms with Gasteiger partial charge in [0.05, 0.1) is 0 Å². The van der Waals surface area contributed by atoms with Crippen LogP contribution in [0.5, 0.6) is 0 Å². The average Bonchev–Trinajstić information content (AvgIpc) is 2.28. The molecule has 0 radical (unpaired) electrons. The number of thioether (sulfide) groups is 1. The van der Waals surface area contributed by atoms with Gasteiger partial charge in [-0.2, -0.15) is 11.8 Å². The van der Waals surface area contributed by atoms with E-state index in [9.17, 15) is 14.4 Å². The van der Waals surface area contributed by atoms with E-state index in [-0.39, 0.29) is 19.3 Å². The van der Waals surface area contributed by atoms with E-state index in [0.717, 1.165) is 11.5 Å². The minimum atomic E-state index is -0.952. The highest BCUT2D eigenvalue weighted by atomic mass is 32.2. The lowest BCUT2D eigenvalue weighted by Crippen LogP contribution is -2.40. The molecule has 6 nitrogen and oxygen atoms in total. The lowest BCUT2D eigenvalue weighted by Gasteiger charge is -2.05. The standard InChI is InChI=1S/C11H18N2O4S/c1-2-7-18-8-6-12-11(17)13-9(14)4-3-5-10(15)16/h2H,1,3-8H2,(H,15,16)(H2,12,13,14,17). The van der Waals surface area contributed by atoms with Gasteiger partial charge in [0.1, 0.15) is 0 Å². The van der Waals surface area contributed by atoms with Gasteiger partial charge in [-0.25, -0.2) is 4.79 Å². The van der Waals surface area contributed by atoms with Crippen molar-refractivity contribution in [2.24, 2.45) is 0 Å². The first-order chi connectivity index (χ1) is 8.56. The first-order valence-corrected chi connectivity index (χ1v) is 6.70. The number of hydrogen-bond donors (Lipinski definition) is 3. The molecule has 18 heavy (non-hydrogen) atoms. The number of carbonyl (C=O) groups excluding carboxylic acids is 2. The van der Waals surface area contributed by atoms with Gasteiger partial charge in [0, 0.05) is 30.9 Å². The van der Waals surface area contributed by atoms with E-state index in [1.165, 1.54) is 0 Å². The SMILES string of the molecule is C=CCSCCNC(=O)NC(=O)CCCC(=O)O. The topological polar surface area (TPSA) is 95.5 Å². The van der Waals surface area contributed by atoms with Crippen LogP contribution in [0.1, 0.15) is 19.3 Å². The predicted octanol–water partition coefficient (Wildman–Crippen LogP) is 0.986. The van der Waals surface area contributed by atoms with Gasteiger partial charge in [-0.3, -0.25) is 14.9 Å². The van der Waals surface area contributed by atoms with Crippen LogP contribution in [-0.4, -0.2) is 41.1 Å². The zero-order valence-corrected chi connectivity index (χ0v) is 10.9. The van der Waals surface area contributed by atoms with Gasteiger partial charge in [-0.15, -0.1) is 6.58 Å². The highest BCUT2D eigenvalue weighted by molar-refractivity contribution is 7.99. The Hall–Kier alpha value is -1.50. The molecule has 0 aliphatic carbocycles. The predicted molar refractivity (Wildman–Crippen MR) is 70.6 cm³/mol. The zero-order chi connectivity index (χ0) is 13.8. The Morgan fingerprint density at radius 1 is 1.28 bits per heavy atom. The monoisotopic (exact) mass is 274 g/mol. The molecule has 7 heteroatoms. The quantitative estimate of drug-likeness (QED) is 0.430. The maximum atomic E-state index is 11.2. The highest BCUT2D eigenvalue weighted by Gasteiger charge is 2.07. The number of carboxylic acids is 1. The second-order valence-electron chi connectivity index (χ2n) is 3.41. The smallest absolute Gasteiger partial charge is 0.321 e. The summed E-state index contributed by atoms with van der Waals surface area (Å²) in [7, 11) is 0. The summed E-state index contributed by atoms with van der Waals surface area (Å²) < 4.78 is 0. The largest absolute Gasteiger partial charge is 0.481 e. The molecule has 0 aromatic carbocycles. The Morgan fingerprint density at radius 2 is 2.00 bits per heavy atom. The molecule has 0 heterocycles. The molecule has 102 valence electrons. The third-order valence-electron chi connectivity index (χ3n) is 1.82. The van der Waals surface area contributed by atoms with E-state index in [0.29, 0.717) is 6.54 Å². The van der Waals surface area contributed by atoms with Gasteiger partial charge in [0.25, 0.3) is 0 Å². The summed E-state index contributed by atoms with van der Waals surface area (Å²) in [5.41, 5.74) is 0. The molecule has 0 aliphatic rings. The van der Waals surface area contributed by atoms with Crippen LogP contribution in [0.3, 0.4) is 0 Å². The van der Waals surface area contributed by atoms with Crippen molar-refractivity contribution >= 4 is 29.7 Å². The van der Waals surface area contributed by atoms with Gasteiger partial charge in [-0.05, 0) is 6.42 Å². The summed E-state index contributed by atoms with van der Waals surface area (Å²) in [6.45, 7) is 4.03. The van der Waals surface area contributed by atoms with Crippen molar-refractivity contribution in [3.8, 4) is 0 Å². The van der Waals surface area contributed by atoms with Gasteiger partial charge in [0.2, 0.25) is 5.91 Å². The lowest BCUT2D eigenvalue weighted by molar-refractivity contribution is -0.137. The van der Waals surface area contributed by atoms with Crippen LogP contribution < -0.4 is 10.6 Å². The Bertz CT molecular complexity index is 307. The third kappa shape index (κ3) is 11.0. The molecule has 0 unspecified atom stereocenters. The van der Waals surface area contributed by atoms with Crippen molar-refractivity contribution in [2.45, 2.75) is 19.3 Å². The Labute approximate surface area is 110 Å². The first kappa shape index (κ1) is 16.5. The summed E-state index contributed by atoms with van der Waals surface area (Å²) in [5, 5.41) is 13.0. The van der Waals surface area contributed by atoms with Crippen molar-refractivity contribution in [1.82, 2.24) is 10.6 Å². The number of carboxylic acid groups (broad SMARTS) is 1. The number of hydrogen-bond acceptors (Lipinski definition) is 4. The van der Waals surface area contributed by atoms with Crippen molar-refractivity contribution in [2.75, 3.05) is 18.1 Å². The molecule has 0 aliphatic heterocycles. The van der Waals surface area contributed by atoms with Crippen molar-refractivity contribution < 1.29 is 19.5 Å². The van der Waals surface area contributed by atoms with E-state index in [2.05, 4.69) is 17.2 Å². The van der Waals surface area contributed by atoms with E-state index in [1.54, 1.807) is 17.8 Å². The molecule has 0 aromatic heterocycles. The molecule has 0 spiro atoms. The minimum absolute atomic E-state index is 0.0327. The number of rotatable bonds is 9. The average molecular weight is 274 g/mol. The maximum Gasteiger partial charge on any atom is 0.321 e. The van der Waals surface area contributed by atoms with Crippen LogP contribution >= 0.6 is 11.8 Å². The Kier molecular flexibility index (Phi) is 9.75. The van der Waals surface area contributed by atoms with Crippen LogP contribution in [0.15, 0.2) is 12.7 Å². The van der Waals surface area contributed by atoms with E-state index >= 15 is 0 Å². The normalized spacial score (nSPS) is 9.56. The molecule has 0 atom stereocenters. The van der Waals surface area contributed by atoms with Gasteiger partial charge < -0.3 is 10.4 Å². The molecule has 0 saturated carbocycles. The van der Waals surface area contributed by atoms with Crippen LogP contribution in [0, 0.1) is 0 Å². The Morgan fingerprint density at radius 3 is 2.61 bits per heavy atom. The van der Waals surface area contributed by atoms with Crippen LogP contribution in [0.2, 0.25) is 0 Å². The fraction of sp³-hybridized carbons (Fsp3) is 0.545. The summed E-state index contributed by atoms with van der Waals surface area (Å²) in [6.07, 6.45) is 1.96. The van der Waals surface area contributed by atoms with Crippen LogP contribution in [0.25, 0.3) is 0 Å². The second-order valence-corrected chi connectivity index (χ2v) is 4.56. The summed E-state index contributed by atoms with van der Waals surface area (Å²) in [5.74, 6) is 0.142. The van der Waals surface area contributed by atoms with Gasteiger partial charge in [0.15, 0.2) is 0 Å². The van der Waals surface area contributed by atoms with Crippen molar-refractivity contribution in [3.63, 3.8) is 0 Å². The Balaban J connectivity index is 3.52. The number of nitrogens with one attached hydrogen (secondary N) is 2. The number of amides is 3. The number of imide groups is 1. The maximum absolute atomic E-state index is 11.2. The number of aliphatic carboxylic acids is 1. The fourth-order valence-corrected chi connectivity index (χ4v) is 1.62. The second kappa shape index (κ2) is 10.6. The van der Waals surface area contributed by atoms with Crippen LogP contribution in [0.4, 0.5) is 4.79 Å². The van der Waals surface area contributed by atoms with Crippen molar-refractivity contribution in [3.05, 3.63) is 12.7 Å². The lowest BCUT2D eigenvalue weighted by atomic mass is 10.2. The summed E-state index contributed by atoms with van der Waals surface area (Å²) in [4.78, 5) is 32.6. The van der Waals surface area contributed by atoms with Crippen molar-refractivity contribution in [1.29, 1.82) is 0 Å². The van der Waals surface area contributed by atoms with E-state index < -0.39 is 17.9 Å². The molecular weight excluding hydrogens is 256 g/mol. The third-order valence-corrected chi connectivity index (χ3v) is 2.78. The molecular formula is C11H18N2O4S. The van der Waals surface area contributed by atoms with E-state index in [1.807, 2.05) is 0 Å². The number of urea groups is 1. The minimum Gasteiger partial charge on any atom is -0.481 e. The fourth-order valence-electron chi connectivity index (χ4n) is 1.04. The molecule has 0 rings (SSSR count). The molecule has 0 bridgehead atoms. The summed E-state index contributed by atoms with van der Waals surface area (Å²) >= 11 is 1.62. The van der Waals surface area contributed by atoms with Gasteiger partial charge in [-0.1, -0.05) is 6.08 Å².